The van der Waals surface area contributed by atoms with Crippen molar-refractivity contribution in [2.75, 3.05) is 0 Å². The van der Waals surface area contributed by atoms with Crippen LogP contribution in [0.25, 0.3) is 0 Å². The first-order valence-corrected chi connectivity index (χ1v) is 6.49. The monoisotopic (exact) mass is 292 g/mol. The van der Waals surface area contributed by atoms with Crippen LogP contribution >= 0.6 is 11.6 Å². The van der Waals surface area contributed by atoms with E-state index in [2.05, 4.69) is 5.32 Å². The molecule has 1 amide bonds. The minimum atomic E-state index is -0.382. The fourth-order valence-electron chi connectivity index (χ4n) is 1.78. The summed E-state index contributed by atoms with van der Waals surface area (Å²) in [5, 5.41) is 3.00. The van der Waals surface area contributed by atoms with Gasteiger partial charge >= 0.3 is 0 Å². The van der Waals surface area contributed by atoms with Crippen LogP contribution in [0.3, 0.4) is 0 Å². The molecule has 0 aromatic heterocycles. The Balaban J connectivity index is 2.06. The molecule has 0 radical (unpaired) electrons. The van der Waals surface area contributed by atoms with E-state index in [-0.39, 0.29) is 24.8 Å². The molecule has 0 aliphatic rings. The molecule has 2 rings (SSSR count). The van der Waals surface area contributed by atoms with E-state index in [1.54, 1.807) is 36.4 Å². The van der Waals surface area contributed by atoms with Crippen LogP contribution in [-0.2, 0) is 13.1 Å². The molecule has 0 unspecified atom stereocenters. The molecule has 5 heteroatoms. The van der Waals surface area contributed by atoms with Gasteiger partial charge in [0.2, 0.25) is 0 Å². The lowest BCUT2D eigenvalue weighted by Gasteiger charge is -2.08. The molecule has 0 bridgehead atoms. The van der Waals surface area contributed by atoms with Crippen molar-refractivity contribution in [3.05, 3.63) is 70.0 Å². The number of hydrogen-bond donors (Lipinski definition) is 2. The molecule has 0 atom stereocenters. The molecule has 0 aliphatic heterocycles. The van der Waals surface area contributed by atoms with E-state index < -0.39 is 0 Å². The van der Waals surface area contributed by atoms with Gasteiger partial charge in [0.05, 0.1) is 10.6 Å². The summed E-state index contributed by atoms with van der Waals surface area (Å²) < 4.78 is 13.7. The normalized spacial score (nSPS) is 10.3. The van der Waals surface area contributed by atoms with Crippen LogP contribution in [0.2, 0.25) is 5.02 Å². The first kappa shape index (κ1) is 14.5. The number of nitrogens with two attached hydrogens (primary N) is 1. The molecule has 3 nitrogen and oxygen atoms in total. The lowest BCUT2D eigenvalue weighted by atomic mass is 10.1. The van der Waals surface area contributed by atoms with Gasteiger partial charge in [0.1, 0.15) is 5.82 Å². The quantitative estimate of drug-likeness (QED) is 0.910. The molecule has 0 saturated heterocycles. The summed E-state index contributed by atoms with van der Waals surface area (Å²) in [5.41, 5.74) is 6.92. The van der Waals surface area contributed by atoms with E-state index >= 15 is 0 Å². The standard InChI is InChI=1S/C15H14ClFN2O/c16-13-4-2-1-3-12(13)15(20)19-9-11-6-5-10(8-18)7-14(11)17/h1-7H,8-9,18H2,(H,19,20). The van der Waals surface area contributed by atoms with E-state index in [0.717, 1.165) is 0 Å². The highest BCUT2D eigenvalue weighted by molar-refractivity contribution is 6.33. The van der Waals surface area contributed by atoms with Crippen LogP contribution in [0, 0.1) is 5.82 Å². The molecule has 0 fully saturated rings. The second-order valence-corrected chi connectivity index (χ2v) is 4.70. The molecule has 104 valence electrons. The third-order valence-corrected chi connectivity index (χ3v) is 3.24. The summed E-state index contributed by atoms with van der Waals surface area (Å²) in [5.74, 6) is -0.717. The average Bonchev–Trinajstić information content (AvgIpc) is 2.46. The van der Waals surface area contributed by atoms with Gasteiger partial charge in [-0.3, -0.25) is 4.79 Å². The molecule has 0 aliphatic carbocycles. The van der Waals surface area contributed by atoms with Crippen molar-refractivity contribution in [1.29, 1.82) is 0 Å². The van der Waals surface area contributed by atoms with Crippen molar-refractivity contribution in [2.24, 2.45) is 5.73 Å². The van der Waals surface area contributed by atoms with Crippen LogP contribution in [0.4, 0.5) is 4.39 Å². The fraction of sp³-hybridized carbons (Fsp3) is 0.133. The average molecular weight is 293 g/mol. The number of halogens is 2. The van der Waals surface area contributed by atoms with Gasteiger partial charge in [-0.1, -0.05) is 35.9 Å². The number of amides is 1. The number of benzene rings is 2. The first-order chi connectivity index (χ1) is 9.61. The topological polar surface area (TPSA) is 55.1 Å². The van der Waals surface area contributed by atoms with Gasteiger partial charge in [0.25, 0.3) is 5.91 Å². The molecular weight excluding hydrogens is 279 g/mol. The van der Waals surface area contributed by atoms with Gasteiger partial charge in [-0.15, -0.1) is 0 Å². The predicted molar refractivity (Wildman–Crippen MR) is 76.9 cm³/mol. The van der Waals surface area contributed by atoms with Crippen molar-refractivity contribution in [2.45, 2.75) is 13.1 Å². The third-order valence-electron chi connectivity index (χ3n) is 2.91. The van der Waals surface area contributed by atoms with Crippen molar-refractivity contribution in [1.82, 2.24) is 5.32 Å². The van der Waals surface area contributed by atoms with Crippen LogP contribution in [0.1, 0.15) is 21.5 Å². The van der Waals surface area contributed by atoms with Crippen LogP contribution in [0.15, 0.2) is 42.5 Å². The van der Waals surface area contributed by atoms with Crippen molar-refractivity contribution in [3.63, 3.8) is 0 Å². The lowest BCUT2D eigenvalue weighted by molar-refractivity contribution is 0.0951. The van der Waals surface area contributed by atoms with Gasteiger partial charge in [0.15, 0.2) is 0 Å². The Morgan fingerprint density at radius 3 is 2.65 bits per heavy atom. The zero-order valence-corrected chi connectivity index (χ0v) is 11.5. The fourth-order valence-corrected chi connectivity index (χ4v) is 2.00. The van der Waals surface area contributed by atoms with E-state index in [9.17, 15) is 9.18 Å². The van der Waals surface area contributed by atoms with E-state index in [0.29, 0.717) is 21.7 Å². The third kappa shape index (κ3) is 3.35. The maximum absolute atomic E-state index is 13.7. The number of rotatable bonds is 4. The van der Waals surface area contributed by atoms with Gasteiger partial charge < -0.3 is 11.1 Å². The Morgan fingerprint density at radius 2 is 2.00 bits per heavy atom. The lowest BCUT2D eigenvalue weighted by Crippen LogP contribution is -2.23. The van der Waals surface area contributed by atoms with Crippen molar-refractivity contribution >= 4 is 17.5 Å². The zero-order valence-electron chi connectivity index (χ0n) is 10.7. The maximum Gasteiger partial charge on any atom is 0.253 e. The second-order valence-electron chi connectivity index (χ2n) is 4.29. The SMILES string of the molecule is NCc1ccc(CNC(=O)c2ccccc2Cl)c(F)c1. The number of carbonyl (C=O) groups is 1. The minimum absolute atomic E-state index is 0.0980. The summed E-state index contributed by atoms with van der Waals surface area (Å²) in [6.45, 7) is 0.379. The van der Waals surface area contributed by atoms with E-state index in [1.807, 2.05) is 0 Å². The highest BCUT2D eigenvalue weighted by Gasteiger charge is 2.10. The smallest absolute Gasteiger partial charge is 0.253 e. The maximum atomic E-state index is 13.7. The summed E-state index contributed by atoms with van der Waals surface area (Å²) in [6, 6.07) is 11.4. The minimum Gasteiger partial charge on any atom is -0.348 e. The summed E-state index contributed by atoms with van der Waals surface area (Å²) in [7, 11) is 0. The summed E-state index contributed by atoms with van der Waals surface area (Å²) in [4.78, 5) is 11.9. The molecule has 0 saturated carbocycles. The van der Waals surface area contributed by atoms with Gasteiger partial charge in [-0.2, -0.15) is 0 Å². The molecule has 20 heavy (non-hydrogen) atoms. The molecular formula is C15H14ClFN2O. The zero-order chi connectivity index (χ0) is 14.5. The molecule has 2 aromatic rings. The second kappa shape index (κ2) is 6.50. The summed E-state index contributed by atoms with van der Waals surface area (Å²) in [6.07, 6.45) is 0. The molecule has 2 aromatic carbocycles. The van der Waals surface area contributed by atoms with Crippen LogP contribution < -0.4 is 11.1 Å². The van der Waals surface area contributed by atoms with Crippen LogP contribution in [0.5, 0.6) is 0 Å². The van der Waals surface area contributed by atoms with E-state index in [1.165, 1.54) is 6.07 Å². The molecule has 0 spiro atoms. The predicted octanol–water partition coefficient (Wildman–Crippen LogP) is 2.87. The highest BCUT2D eigenvalue weighted by Crippen LogP contribution is 2.15. The Bertz CT molecular complexity index is 631. The molecule has 0 heterocycles. The van der Waals surface area contributed by atoms with Crippen LogP contribution in [-0.4, -0.2) is 5.91 Å². The number of nitrogens with one attached hydrogen (secondary N) is 1. The van der Waals surface area contributed by atoms with Crippen molar-refractivity contribution in [3.8, 4) is 0 Å². The molecule has 3 N–H and O–H groups in total. The number of hydrogen-bond acceptors (Lipinski definition) is 2. The van der Waals surface area contributed by atoms with Gasteiger partial charge in [0, 0.05) is 18.7 Å². The Kier molecular flexibility index (Phi) is 4.71. The van der Waals surface area contributed by atoms with Gasteiger partial charge in [-0.25, -0.2) is 4.39 Å². The van der Waals surface area contributed by atoms with Crippen molar-refractivity contribution < 1.29 is 9.18 Å². The Morgan fingerprint density at radius 1 is 1.25 bits per heavy atom. The van der Waals surface area contributed by atoms with Gasteiger partial charge in [-0.05, 0) is 23.8 Å². The highest BCUT2D eigenvalue weighted by atomic mass is 35.5. The summed E-state index contributed by atoms with van der Waals surface area (Å²) >= 11 is 5.92. The Hall–Kier alpha value is -1.91. The number of carbonyl (C=O) groups excluding carboxylic acids is 1. The Labute approximate surface area is 121 Å². The first-order valence-electron chi connectivity index (χ1n) is 6.12. The largest absolute Gasteiger partial charge is 0.348 e. The van der Waals surface area contributed by atoms with E-state index in [4.69, 9.17) is 17.3 Å².